The minimum Gasteiger partial charge on any atom is -0.300 e. The average molecular weight is 660 g/mol. The molecule has 0 N–H and O–H groups in total. The zero-order valence-corrected chi connectivity index (χ0v) is 26.4. The van der Waals surface area contributed by atoms with Crippen LogP contribution < -0.4 is 0 Å². The van der Waals surface area contributed by atoms with Crippen molar-refractivity contribution in [3.63, 3.8) is 0 Å². The fraction of sp³-hybridized carbons (Fsp3) is 0.303. The molecule has 0 saturated carbocycles. The van der Waals surface area contributed by atoms with Crippen LogP contribution in [0.5, 0.6) is 0 Å². The van der Waals surface area contributed by atoms with E-state index >= 15 is 0 Å². The van der Waals surface area contributed by atoms with Gasteiger partial charge < -0.3 is 4.90 Å². The first-order valence-corrected chi connectivity index (χ1v) is 18.2. The van der Waals surface area contributed by atoms with E-state index < -0.39 is 0 Å². The number of pyridine rings is 1. The van der Waals surface area contributed by atoms with Crippen LogP contribution in [0, 0.1) is 0 Å². The van der Waals surface area contributed by atoms with Crippen molar-refractivity contribution in [2.24, 2.45) is 4.99 Å². The minimum absolute atomic E-state index is 0.477. The molecule has 4 aromatic rings. The minimum atomic E-state index is 0.477. The summed E-state index contributed by atoms with van der Waals surface area (Å²) in [7, 11) is 0. The molecule has 2 aromatic heterocycles. The second-order valence-corrected chi connectivity index (χ2v) is 12.8. The van der Waals surface area contributed by atoms with E-state index in [0.29, 0.717) is 12.4 Å². The fourth-order valence-corrected chi connectivity index (χ4v) is 7.59. The summed E-state index contributed by atoms with van der Waals surface area (Å²) in [5.74, 6) is 0. The van der Waals surface area contributed by atoms with Crippen molar-refractivity contribution in [2.75, 3.05) is 13.1 Å². The summed E-state index contributed by atoms with van der Waals surface area (Å²) in [5, 5.41) is 6.08. The lowest BCUT2D eigenvalue weighted by Crippen LogP contribution is -2.37. The number of hydrogen-bond acceptors (Lipinski definition) is 4. The predicted molar refractivity (Wildman–Crippen MR) is 180 cm³/mol. The molecule has 0 radical (unpaired) electrons. The number of hydrogen-bond donors (Lipinski definition) is 0. The highest BCUT2D eigenvalue weighted by molar-refractivity contribution is 14.2. The predicted octanol–water partition coefficient (Wildman–Crippen LogP) is 8.52. The SMILES string of the molecule is C=C/C(C)=C(\N=CC)c1ccc(-c2nn(PI)c3ncc(-c4ccc5c(c4)CCC(N4CCCC4)C5)cc23)cc1. The van der Waals surface area contributed by atoms with E-state index in [1.807, 2.05) is 36.8 Å². The van der Waals surface area contributed by atoms with Gasteiger partial charge in [-0.3, -0.25) is 4.99 Å². The van der Waals surface area contributed by atoms with Gasteiger partial charge in [0.25, 0.3) is 0 Å². The van der Waals surface area contributed by atoms with Crippen LogP contribution in [-0.4, -0.2) is 44.8 Å². The van der Waals surface area contributed by atoms with E-state index in [0.717, 1.165) is 51.1 Å². The van der Waals surface area contributed by atoms with Gasteiger partial charge in [-0.05, 0) is 109 Å². The third-order valence-corrected chi connectivity index (χ3v) is 10.2. The van der Waals surface area contributed by atoms with Gasteiger partial charge >= 0.3 is 0 Å². The van der Waals surface area contributed by atoms with Crippen LogP contribution in [0.4, 0.5) is 0 Å². The highest BCUT2D eigenvalue weighted by atomic mass is 127. The number of rotatable bonds is 7. The Morgan fingerprint density at radius 1 is 1.05 bits per heavy atom. The van der Waals surface area contributed by atoms with Gasteiger partial charge in [-0.1, -0.05) is 55.1 Å². The summed E-state index contributed by atoms with van der Waals surface area (Å²) in [5.41, 5.74) is 11.5. The Balaban J connectivity index is 1.34. The molecule has 0 amide bonds. The first kappa shape index (κ1) is 27.5. The molecule has 0 spiro atoms. The number of aryl methyl sites for hydroxylation is 1. The number of aliphatic imine (C=N–C) groups is 1. The van der Waals surface area contributed by atoms with Crippen molar-refractivity contribution >= 4 is 51.4 Å². The van der Waals surface area contributed by atoms with Crippen molar-refractivity contribution in [3.8, 4) is 22.4 Å². The van der Waals surface area contributed by atoms with E-state index in [-0.39, 0.29) is 0 Å². The average Bonchev–Trinajstić information content (AvgIpc) is 3.67. The van der Waals surface area contributed by atoms with Crippen molar-refractivity contribution in [3.05, 3.63) is 89.6 Å². The van der Waals surface area contributed by atoms with Crippen LogP contribution >= 0.6 is 28.4 Å². The summed E-state index contributed by atoms with van der Waals surface area (Å²) in [6, 6.07) is 18.6. The summed E-state index contributed by atoms with van der Waals surface area (Å²) >= 11 is 2.38. The largest absolute Gasteiger partial charge is 0.300 e. The Hall–Kier alpha value is -2.67. The normalized spacial score (nSPS) is 18.6. The standard InChI is InChI=1S/C33H35IN5P/c1-4-22(3)31(35-5-2)23-8-10-24(11-9-23)32-30-20-28(21-36-33(30)39(37-32)40-34)26-12-13-27-19-29(15-14-25(27)18-26)38-16-6-7-17-38/h4-5,8-13,18,20-21,29,40H,1,6-7,14-17,19H2,2-3H3/b31-22-,35-5?. The first-order valence-electron chi connectivity index (χ1n) is 14.1. The molecule has 3 heterocycles. The number of halogens is 1. The van der Waals surface area contributed by atoms with Crippen molar-refractivity contribution < 1.29 is 0 Å². The zero-order valence-electron chi connectivity index (χ0n) is 23.2. The van der Waals surface area contributed by atoms with Gasteiger partial charge in [0.1, 0.15) is 5.69 Å². The topological polar surface area (TPSA) is 46.3 Å². The van der Waals surface area contributed by atoms with Gasteiger partial charge in [0.2, 0.25) is 0 Å². The number of aromatic nitrogens is 3. The highest BCUT2D eigenvalue weighted by Gasteiger charge is 2.26. The monoisotopic (exact) mass is 659 g/mol. The summed E-state index contributed by atoms with van der Waals surface area (Å²) < 4.78 is 2.02. The highest BCUT2D eigenvalue weighted by Crippen LogP contribution is 2.37. The molecule has 1 saturated heterocycles. The Morgan fingerprint density at radius 2 is 1.82 bits per heavy atom. The van der Waals surface area contributed by atoms with Crippen LogP contribution in [0.3, 0.4) is 0 Å². The molecule has 2 aromatic carbocycles. The third-order valence-electron chi connectivity index (χ3n) is 8.37. The first-order chi connectivity index (χ1) is 19.6. The summed E-state index contributed by atoms with van der Waals surface area (Å²) in [6.07, 6.45) is 12.5. The van der Waals surface area contributed by atoms with Gasteiger partial charge in [-0.25, -0.2) is 9.44 Å². The molecule has 204 valence electrons. The Bertz CT molecular complexity index is 1610. The quantitative estimate of drug-likeness (QED) is 0.0866. The lowest BCUT2D eigenvalue weighted by Gasteiger charge is -2.32. The van der Waals surface area contributed by atoms with Crippen LogP contribution in [-0.2, 0) is 12.8 Å². The van der Waals surface area contributed by atoms with Crippen LogP contribution in [0.1, 0.15) is 49.8 Å². The molecule has 7 heteroatoms. The van der Waals surface area contributed by atoms with Gasteiger partial charge in [0.05, 0.1) is 12.1 Å². The number of likely N-dealkylation sites (tertiary alicyclic amines) is 1. The molecule has 2 atom stereocenters. The van der Waals surface area contributed by atoms with Crippen LogP contribution in [0.25, 0.3) is 39.1 Å². The molecule has 2 aliphatic rings. The molecule has 1 fully saturated rings. The third kappa shape index (κ3) is 5.34. The van der Waals surface area contributed by atoms with Crippen molar-refractivity contribution in [1.29, 1.82) is 0 Å². The van der Waals surface area contributed by atoms with E-state index in [1.165, 1.54) is 55.5 Å². The molecular weight excluding hydrogens is 624 g/mol. The number of benzene rings is 2. The van der Waals surface area contributed by atoms with Gasteiger partial charge in [-0.2, -0.15) is 5.10 Å². The summed E-state index contributed by atoms with van der Waals surface area (Å²) in [6.45, 7) is 10.5. The lowest BCUT2D eigenvalue weighted by atomic mass is 9.86. The van der Waals surface area contributed by atoms with Gasteiger partial charge in [0.15, 0.2) is 5.65 Å². The van der Waals surface area contributed by atoms with E-state index in [1.54, 1.807) is 0 Å². The molecule has 6 rings (SSSR count). The molecule has 2 unspecified atom stereocenters. The van der Waals surface area contributed by atoms with Gasteiger partial charge in [0, 0.05) is 40.5 Å². The van der Waals surface area contributed by atoms with E-state index in [9.17, 15) is 0 Å². The van der Waals surface area contributed by atoms with Crippen LogP contribution in [0.2, 0.25) is 0 Å². The maximum Gasteiger partial charge on any atom is 0.162 e. The molecule has 1 aliphatic heterocycles. The number of allylic oxidation sites excluding steroid dienone is 2. The Morgan fingerprint density at radius 3 is 2.55 bits per heavy atom. The molecule has 1 aliphatic carbocycles. The van der Waals surface area contributed by atoms with E-state index in [2.05, 4.69) is 87.0 Å². The fourth-order valence-electron chi connectivity index (χ4n) is 6.18. The molecule has 0 bridgehead atoms. The maximum atomic E-state index is 4.99. The number of fused-ring (bicyclic) bond motifs is 2. The van der Waals surface area contributed by atoms with Gasteiger partial charge in [-0.15, -0.1) is 0 Å². The van der Waals surface area contributed by atoms with Crippen molar-refractivity contribution in [2.45, 2.75) is 52.0 Å². The molecule has 5 nitrogen and oxygen atoms in total. The smallest absolute Gasteiger partial charge is 0.162 e. The zero-order chi connectivity index (χ0) is 27.6. The second kappa shape index (κ2) is 12.1. The van der Waals surface area contributed by atoms with Crippen LogP contribution in [0.15, 0.2) is 77.9 Å². The Labute approximate surface area is 251 Å². The number of nitrogens with zero attached hydrogens (tertiary/aromatic N) is 5. The molecule has 40 heavy (non-hydrogen) atoms. The maximum absolute atomic E-state index is 4.99. The molecular formula is C33H35IN5P. The van der Waals surface area contributed by atoms with E-state index in [4.69, 9.17) is 10.1 Å². The van der Waals surface area contributed by atoms with Crippen molar-refractivity contribution in [1.82, 2.24) is 19.4 Å². The lowest BCUT2D eigenvalue weighted by molar-refractivity contribution is 0.222. The second-order valence-electron chi connectivity index (χ2n) is 10.8. The Kier molecular flexibility index (Phi) is 8.29. The summed E-state index contributed by atoms with van der Waals surface area (Å²) in [4.78, 5) is 12.2.